The average molecular weight is 328 g/mol. The highest BCUT2D eigenvalue weighted by Gasteiger charge is 2.23. The first-order valence-electron chi connectivity index (χ1n) is 5.78. The van der Waals surface area contributed by atoms with Crippen LogP contribution in [-0.4, -0.2) is 28.1 Å². The summed E-state index contributed by atoms with van der Waals surface area (Å²) in [5.41, 5.74) is 0.988. The molecule has 0 aliphatic rings. The number of halogens is 1. The Hall–Kier alpha value is -1.63. The molecular formula is C12H14BrN3O3. The number of nitrogens with zero attached hydrogens (tertiary/aromatic N) is 3. The van der Waals surface area contributed by atoms with Gasteiger partial charge in [-0.15, -0.1) is 5.10 Å². The number of aromatic nitrogens is 3. The van der Waals surface area contributed by atoms with Crippen molar-refractivity contribution in [3.05, 3.63) is 34.0 Å². The van der Waals surface area contributed by atoms with Crippen molar-refractivity contribution in [1.82, 2.24) is 15.0 Å². The lowest BCUT2D eigenvalue weighted by Gasteiger charge is -2.09. The Morgan fingerprint density at radius 1 is 1.53 bits per heavy atom. The molecule has 0 aromatic carbocycles. The third-order valence-corrected chi connectivity index (χ3v) is 3.06. The molecule has 0 saturated heterocycles. The molecule has 2 rings (SSSR count). The molecule has 0 aliphatic heterocycles. The van der Waals surface area contributed by atoms with Crippen LogP contribution in [0.2, 0.25) is 0 Å². The molecule has 0 radical (unpaired) electrons. The normalized spacial score (nSPS) is 11.0. The van der Waals surface area contributed by atoms with E-state index in [1.807, 2.05) is 26.0 Å². The van der Waals surface area contributed by atoms with E-state index >= 15 is 0 Å². The van der Waals surface area contributed by atoms with Gasteiger partial charge >= 0.3 is 5.97 Å². The number of ether oxygens (including phenoxy) is 1. The minimum absolute atomic E-state index is 0.0995. The van der Waals surface area contributed by atoms with Gasteiger partial charge in [0.2, 0.25) is 0 Å². The second-order valence-electron chi connectivity index (χ2n) is 4.33. The summed E-state index contributed by atoms with van der Waals surface area (Å²) in [6.45, 7) is 4.36. The molecule has 0 amide bonds. The van der Waals surface area contributed by atoms with E-state index in [9.17, 15) is 4.79 Å². The number of furan rings is 1. The zero-order valence-electron chi connectivity index (χ0n) is 10.9. The zero-order valence-corrected chi connectivity index (χ0v) is 12.5. The Balaban J connectivity index is 2.35. The number of hydrogen-bond acceptors (Lipinski definition) is 5. The summed E-state index contributed by atoms with van der Waals surface area (Å²) in [4.78, 5) is 11.6. The summed E-state index contributed by atoms with van der Waals surface area (Å²) in [6.07, 6.45) is 0. The number of carbonyl (C=O) groups excluding carboxylic acids is 1. The van der Waals surface area contributed by atoms with Crippen LogP contribution in [0, 0.1) is 0 Å². The van der Waals surface area contributed by atoms with E-state index in [2.05, 4.69) is 26.2 Å². The average Bonchev–Trinajstić information content (AvgIpc) is 2.95. The molecule has 7 heteroatoms. The zero-order chi connectivity index (χ0) is 14.0. The van der Waals surface area contributed by atoms with Crippen molar-refractivity contribution in [1.29, 1.82) is 0 Å². The van der Waals surface area contributed by atoms with Crippen LogP contribution in [0.25, 0.3) is 0 Å². The molecule has 19 heavy (non-hydrogen) atoms. The quantitative estimate of drug-likeness (QED) is 0.807. The van der Waals surface area contributed by atoms with Crippen LogP contribution in [0.1, 0.15) is 41.7 Å². The van der Waals surface area contributed by atoms with Gasteiger partial charge in [0.1, 0.15) is 12.3 Å². The highest BCUT2D eigenvalue weighted by molar-refractivity contribution is 9.10. The Kier molecular flexibility index (Phi) is 4.04. The highest BCUT2D eigenvalue weighted by atomic mass is 79.9. The molecule has 2 aromatic rings. The number of hydrogen-bond donors (Lipinski definition) is 0. The second kappa shape index (κ2) is 5.56. The molecule has 0 bridgehead atoms. The molecule has 6 nitrogen and oxygen atoms in total. The van der Waals surface area contributed by atoms with E-state index in [0.717, 1.165) is 11.5 Å². The van der Waals surface area contributed by atoms with E-state index < -0.39 is 5.97 Å². The van der Waals surface area contributed by atoms with Gasteiger partial charge < -0.3 is 9.15 Å². The maximum atomic E-state index is 11.6. The largest absolute Gasteiger partial charge is 0.464 e. The summed E-state index contributed by atoms with van der Waals surface area (Å²) < 4.78 is 12.4. The molecule has 0 atom stereocenters. The van der Waals surface area contributed by atoms with E-state index in [-0.39, 0.29) is 11.6 Å². The van der Waals surface area contributed by atoms with Crippen molar-refractivity contribution in [3.8, 4) is 0 Å². The fourth-order valence-corrected chi connectivity index (χ4v) is 2.18. The standard InChI is InChI=1S/C12H14BrN3O3/c1-7(2)11-10(12(17)18-3)14-15-16(11)6-8-4-5-9(13)19-8/h4-5,7H,6H2,1-3H3. The Bertz CT molecular complexity index is 589. The van der Waals surface area contributed by atoms with Gasteiger partial charge in [-0.2, -0.15) is 0 Å². The maximum Gasteiger partial charge on any atom is 0.360 e. The van der Waals surface area contributed by atoms with Gasteiger partial charge in [-0.1, -0.05) is 19.1 Å². The van der Waals surface area contributed by atoms with E-state index in [0.29, 0.717) is 11.2 Å². The topological polar surface area (TPSA) is 70.2 Å². The van der Waals surface area contributed by atoms with Gasteiger partial charge in [-0.3, -0.25) is 0 Å². The Morgan fingerprint density at radius 2 is 2.26 bits per heavy atom. The van der Waals surface area contributed by atoms with Crippen LogP contribution in [-0.2, 0) is 11.3 Å². The van der Waals surface area contributed by atoms with Gasteiger partial charge in [0.25, 0.3) is 0 Å². The Labute approximate surface area is 118 Å². The first kappa shape index (κ1) is 13.8. The predicted molar refractivity (Wildman–Crippen MR) is 71.0 cm³/mol. The van der Waals surface area contributed by atoms with E-state index in [1.54, 1.807) is 4.68 Å². The summed E-state index contributed by atoms with van der Waals surface area (Å²) in [7, 11) is 1.33. The summed E-state index contributed by atoms with van der Waals surface area (Å²) in [5, 5.41) is 7.90. The fourth-order valence-electron chi connectivity index (χ4n) is 1.84. The van der Waals surface area contributed by atoms with Crippen LogP contribution in [0.15, 0.2) is 21.2 Å². The highest BCUT2D eigenvalue weighted by Crippen LogP contribution is 2.21. The predicted octanol–water partition coefficient (Wildman–Crippen LogP) is 2.59. The van der Waals surface area contributed by atoms with E-state index in [4.69, 9.17) is 9.15 Å². The Morgan fingerprint density at radius 3 is 2.79 bits per heavy atom. The maximum absolute atomic E-state index is 11.6. The smallest absolute Gasteiger partial charge is 0.360 e. The third-order valence-electron chi connectivity index (χ3n) is 2.63. The molecule has 0 saturated carbocycles. The van der Waals surface area contributed by atoms with Crippen LogP contribution < -0.4 is 0 Å². The van der Waals surface area contributed by atoms with Crippen molar-refractivity contribution in [2.45, 2.75) is 26.3 Å². The summed E-state index contributed by atoms with van der Waals surface area (Å²) in [5.74, 6) is 0.355. The van der Waals surface area contributed by atoms with Gasteiger partial charge in [-0.05, 0) is 34.0 Å². The van der Waals surface area contributed by atoms with E-state index in [1.165, 1.54) is 7.11 Å². The van der Waals surface area contributed by atoms with Crippen LogP contribution in [0.3, 0.4) is 0 Å². The van der Waals surface area contributed by atoms with Crippen molar-refractivity contribution in [2.75, 3.05) is 7.11 Å². The van der Waals surface area contributed by atoms with Crippen molar-refractivity contribution >= 4 is 21.9 Å². The monoisotopic (exact) mass is 327 g/mol. The van der Waals surface area contributed by atoms with Crippen molar-refractivity contribution < 1.29 is 13.9 Å². The van der Waals surface area contributed by atoms with Crippen molar-refractivity contribution in [2.24, 2.45) is 0 Å². The van der Waals surface area contributed by atoms with Crippen LogP contribution in [0.4, 0.5) is 0 Å². The first-order chi connectivity index (χ1) is 9.02. The molecule has 0 spiro atoms. The summed E-state index contributed by atoms with van der Waals surface area (Å²) >= 11 is 3.25. The van der Waals surface area contributed by atoms with Gasteiger partial charge in [0.15, 0.2) is 10.4 Å². The lowest BCUT2D eigenvalue weighted by molar-refractivity contribution is 0.0592. The lowest BCUT2D eigenvalue weighted by atomic mass is 10.1. The molecule has 2 aromatic heterocycles. The second-order valence-corrected chi connectivity index (χ2v) is 5.11. The number of carbonyl (C=O) groups is 1. The molecule has 0 fully saturated rings. The molecule has 0 unspecified atom stereocenters. The number of esters is 1. The minimum Gasteiger partial charge on any atom is -0.464 e. The third kappa shape index (κ3) is 2.86. The molecular weight excluding hydrogens is 314 g/mol. The minimum atomic E-state index is -0.476. The molecule has 2 heterocycles. The van der Waals surface area contributed by atoms with Crippen molar-refractivity contribution in [3.63, 3.8) is 0 Å². The first-order valence-corrected chi connectivity index (χ1v) is 6.58. The number of methoxy groups -OCH3 is 1. The van der Waals surface area contributed by atoms with Gasteiger partial charge in [0, 0.05) is 0 Å². The SMILES string of the molecule is COC(=O)c1nnn(Cc2ccc(Br)o2)c1C(C)C. The van der Waals surface area contributed by atoms with Crippen LogP contribution >= 0.6 is 15.9 Å². The fraction of sp³-hybridized carbons (Fsp3) is 0.417. The number of rotatable bonds is 4. The molecule has 0 N–H and O–H groups in total. The van der Waals surface area contributed by atoms with Crippen LogP contribution in [0.5, 0.6) is 0 Å². The van der Waals surface area contributed by atoms with Gasteiger partial charge in [0.05, 0.1) is 12.8 Å². The molecule has 102 valence electrons. The lowest BCUT2D eigenvalue weighted by Crippen LogP contribution is -2.11. The molecule has 0 aliphatic carbocycles. The van der Waals surface area contributed by atoms with Gasteiger partial charge in [-0.25, -0.2) is 9.48 Å². The summed E-state index contributed by atoms with van der Waals surface area (Å²) in [6, 6.07) is 3.65.